The Labute approximate surface area is 139 Å². The van der Waals surface area contributed by atoms with E-state index in [0.29, 0.717) is 35.4 Å². The standard InChI is InChI=1S/C15H18Cl2N2O3/c1-2-22-14(20)10-4-3-7-19(9-10)15(21)18-13-6-5-11(16)8-12(13)17/h5-6,8,10H,2-4,7,9H2,1H3,(H,18,21). The number of hydrogen-bond acceptors (Lipinski definition) is 3. The van der Waals surface area contributed by atoms with E-state index in [1.807, 2.05) is 0 Å². The number of carbonyl (C=O) groups is 2. The zero-order chi connectivity index (χ0) is 16.1. The van der Waals surface area contributed by atoms with Crippen LogP contribution in [0.2, 0.25) is 10.0 Å². The van der Waals surface area contributed by atoms with E-state index in [2.05, 4.69) is 5.32 Å². The van der Waals surface area contributed by atoms with Crippen LogP contribution in [0.4, 0.5) is 10.5 Å². The fourth-order valence-electron chi connectivity index (χ4n) is 2.40. The second-order valence-electron chi connectivity index (χ2n) is 5.09. The van der Waals surface area contributed by atoms with Gasteiger partial charge < -0.3 is 15.0 Å². The molecule has 0 bridgehead atoms. The first-order valence-corrected chi connectivity index (χ1v) is 7.94. The molecule has 1 aromatic carbocycles. The fourth-order valence-corrected chi connectivity index (χ4v) is 2.85. The van der Waals surface area contributed by atoms with Crippen molar-refractivity contribution < 1.29 is 14.3 Å². The number of carbonyl (C=O) groups excluding carboxylic acids is 2. The van der Waals surface area contributed by atoms with Gasteiger partial charge in [0.2, 0.25) is 0 Å². The average molecular weight is 345 g/mol. The summed E-state index contributed by atoms with van der Waals surface area (Å²) in [6, 6.07) is 4.59. The van der Waals surface area contributed by atoms with Crippen molar-refractivity contribution in [3.8, 4) is 0 Å². The van der Waals surface area contributed by atoms with Crippen LogP contribution < -0.4 is 5.32 Å². The third-order valence-corrected chi connectivity index (χ3v) is 4.05. The van der Waals surface area contributed by atoms with Crippen LogP contribution in [0, 0.1) is 5.92 Å². The van der Waals surface area contributed by atoms with Gasteiger partial charge in [0, 0.05) is 18.1 Å². The number of hydrogen-bond donors (Lipinski definition) is 1. The van der Waals surface area contributed by atoms with Crippen LogP contribution in [-0.4, -0.2) is 36.6 Å². The fraction of sp³-hybridized carbons (Fsp3) is 0.467. The molecule has 0 spiro atoms. The second-order valence-corrected chi connectivity index (χ2v) is 5.94. The van der Waals surface area contributed by atoms with Crippen molar-refractivity contribution in [3.05, 3.63) is 28.2 Å². The van der Waals surface area contributed by atoms with Crippen molar-refractivity contribution in [2.75, 3.05) is 25.0 Å². The molecule has 1 fully saturated rings. The van der Waals surface area contributed by atoms with Crippen molar-refractivity contribution in [3.63, 3.8) is 0 Å². The third-order valence-electron chi connectivity index (χ3n) is 3.50. The highest BCUT2D eigenvalue weighted by molar-refractivity contribution is 6.36. The van der Waals surface area contributed by atoms with Gasteiger partial charge >= 0.3 is 12.0 Å². The van der Waals surface area contributed by atoms with Gasteiger partial charge in [0.25, 0.3) is 0 Å². The summed E-state index contributed by atoms with van der Waals surface area (Å²) in [6.45, 7) is 3.08. The summed E-state index contributed by atoms with van der Waals surface area (Å²) in [5.41, 5.74) is 0.495. The molecule has 5 nitrogen and oxygen atoms in total. The number of likely N-dealkylation sites (tertiary alicyclic amines) is 1. The van der Waals surface area contributed by atoms with Crippen molar-refractivity contribution in [2.24, 2.45) is 5.92 Å². The predicted octanol–water partition coefficient (Wildman–Crippen LogP) is 3.80. The first-order valence-electron chi connectivity index (χ1n) is 7.19. The number of esters is 1. The van der Waals surface area contributed by atoms with E-state index in [1.54, 1.807) is 30.0 Å². The van der Waals surface area contributed by atoms with E-state index in [0.717, 1.165) is 12.8 Å². The van der Waals surface area contributed by atoms with E-state index >= 15 is 0 Å². The number of rotatable bonds is 3. The minimum absolute atomic E-state index is 0.246. The van der Waals surface area contributed by atoms with E-state index < -0.39 is 0 Å². The molecule has 0 saturated carbocycles. The van der Waals surface area contributed by atoms with Crippen molar-refractivity contribution >= 4 is 40.9 Å². The molecule has 1 N–H and O–H groups in total. The van der Waals surface area contributed by atoms with Gasteiger partial charge in [0.15, 0.2) is 0 Å². The molecule has 1 heterocycles. The van der Waals surface area contributed by atoms with E-state index in [4.69, 9.17) is 27.9 Å². The Kier molecular flexibility index (Phi) is 5.91. The Morgan fingerprint density at radius 1 is 1.41 bits per heavy atom. The van der Waals surface area contributed by atoms with Gasteiger partial charge in [-0.05, 0) is 38.0 Å². The first-order chi connectivity index (χ1) is 10.5. The van der Waals surface area contributed by atoms with Gasteiger partial charge in [0.1, 0.15) is 0 Å². The number of nitrogens with one attached hydrogen (secondary N) is 1. The van der Waals surface area contributed by atoms with Gasteiger partial charge in [-0.3, -0.25) is 4.79 Å². The Bertz CT molecular complexity index is 566. The Morgan fingerprint density at radius 3 is 2.86 bits per heavy atom. The molecule has 2 rings (SSSR count). The lowest BCUT2D eigenvalue weighted by Gasteiger charge is -2.31. The third kappa shape index (κ3) is 4.27. The maximum atomic E-state index is 12.3. The molecule has 1 unspecified atom stereocenters. The summed E-state index contributed by atoms with van der Waals surface area (Å²) >= 11 is 11.9. The summed E-state index contributed by atoms with van der Waals surface area (Å²) in [6.07, 6.45) is 1.51. The molecule has 0 radical (unpaired) electrons. The number of urea groups is 1. The quantitative estimate of drug-likeness (QED) is 0.848. The number of nitrogens with zero attached hydrogens (tertiary/aromatic N) is 1. The van der Waals surface area contributed by atoms with Crippen LogP contribution in [0.25, 0.3) is 0 Å². The number of halogens is 2. The molecule has 0 aromatic heterocycles. The summed E-state index contributed by atoms with van der Waals surface area (Å²) in [4.78, 5) is 25.7. The molecule has 1 saturated heterocycles. The van der Waals surface area contributed by atoms with Crippen LogP contribution >= 0.6 is 23.2 Å². The summed E-state index contributed by atoms with van der Waals surface area (Å²) in [7, 11) is 0. The Hall–Kier alpha value is -1.46. The molecule has 0 aliphatic carbocycles. The first kappa shape index (κ1) is 16.9. The highest BCUT2D eigenvalue weighted by Crippen LogP contribution is 2.26. The maximum Gasteiger partial charge on any atom is 0.321 e. The topological polar surface area (TPSA) is 58.6 Å². The summed E-state index contributed by atoms with van der Waals surface area (Å²) in [5.74, 6) is -0.510. The van der Waals surface area contributed by atoms with Gasteiger partial charge in [-0.25, -0.2) is 4.79 Å². The molecule has 1 atom stereocenters. The van der Waals surface area contributed by atoms with Gasteiger partial charge in [-0.2, -0.15) is 0 Å². The van der Waals surface area contributed by atoms with Crippen LogP contribution in [-0.2, 0) is 9.53 Å². The zero-order valence-corrected chi connectivity index (χ0v) is 13.8. The molecule has 1 aromatic rings. The molecule has 1 aliphatic rings. The minimum atomic E-state index is -0.279. The van der Waals surface area contributed by atoms with E-state index in [9.17, 15) is 9.59 Å². The number of benzene rings is 1. The van der Waals surface area contributed by atoms with E-state index in [-0.39, 0.29) is 17.9 Å². The van der Waals surface area contributed by atoms with Crippen molar-refractivity contribution in [2.45, 2.75) is 19.8 Å². The predicted molar refractivity (Wildman–Crippen MR) is 86.4 cm³/mol. The SMILES string of the molecule is CCOC(=O)C1CCCN(C(=O)Nc2ccc(Cl)cc2Cl)C1. The lowest BCUT2D eigenvalue weighted by molar-refractivity contribution is -0.149. The second kappa shape index (κ2) is 7.70. The number of piperidine rings is 1. The number of amides is 2. The highest BCUT2D eigenvalue weighted by atomic mass is 35.5. The largest absolute Gasteiger partial charge is 0.466 e. The molecular weight excluding hydrogens is 327 g/mol. The van der Waals surface area contributed by atoms with E-state index in [1.165, 1.54) is 0 Å². The summed E-state index contributed by atoms with van der Waals surface area (Å²) < 4.78 is 5.03. The monoisotopic (exact) mass is 344 g/mol. The van der Waals surface area contributed by atoms with Crippen LogP contribution in [0.3, 0.4) is 0 Å². The Balaban J connectivity index is 1.98. The van der Waals surface area contributed by atoms with Crippen LogP contribution in [0.5, 0.6) is 0 Å². The van der Waals surface area contributed by atoms with Gasteiger partial charge in [-0.15, -0.1) is 0 Å². The zero-order valence-electron chi connectivity index (χ0n) is 12.3. The molecule has 2 amide bonds. The lowest BCUT2D eigenvalue weighted by atomic mass is 9.98. The smallest absolute Gasteiger partial charge is 0.321 e. The lowest BCUT2D eigenvalue weighted by Crippen LogP contribution is -2.44. The molecular formula is C15H18Cl2N2O3. The molecule has 120 valence electrons. The molecule has 1 aliphatic heterocycles. The summed E-state index contributed by atoms with van der Waals surface area (Å²) in [5, 5.41) is 3.62. The highest BCUT2D eigenvalue weighted by Gasteiger charge is 2.29. The van der Waals surface area contributed by atoms with Crippen LogP contribution in [0.1, 0.15) is 19.8 Å². The van der Waals surface area contributed by atoms with Crippen molar-refractivity contribution in [1.82, 2.24) is 4.90 Å². The van der Waals surface area contributed by atoms with Crippen molar-refractivity contribution in [1.29, 1.82) is 0 Å². The average Bonchev–Trinajstić information content (AvgIpc) is 2.50. The van der Waals surface area contributed by atoms with Crippen LogP contribution in [0.15, 0.2) is 18.2 Å². The number of ether oxygens (including phenoxy) is 1. The van der Waals surface area contributed by atoms with Gasteiger partial charge in [0.05, 0.1) is 23.2 Å². The molecule has 7 heteroatoms. The minimum Gasteiger partial charge on any atom is -0.466 e. The normalized spacial score (nSPS) is 18.0. The Morgan fingerprint density at radius 2 is 2.18 bits per heavy atom. The maximum absolute atomic E-state index is 12.3. The molecule has 22 heavy (non-hydrogen) atoms. The van der Waals surface area contributed by atoms with Gasteiger partial charge in [-0.1, -0.05) is 23.2 Å². The number of anilines is 1.